The predicted molar refractivity (Wildman–Crippen MR) is 74.2 cm³/mol. The molecular weight excluding hydrogens is 291 g/mol. The number of fused-ring (bicyclic) bond motifs is 1. The maximum atomic E-state index is 13.0. The molecule has 2 heterocycles. The second-order valence-corrected chi connectivity index (χ2v) is 5.17. The van der Waals surface area contributed by atoms with Gasteiger partial charge in [-0.15, -0.1) is 0 Å². The van der Waals surface area contributed by atoms with Crippen LogP contribution in [0, 0.1) is 5.82 Å². The number of halogens is 1. The molecule has 0 saturated heterocycles. The average molecular weight is 304 g/mol. The Balaban J connectivity index is 2.21. The number of carboxylic acids is 2. The van der Waals surface area contributed by atoms with E-state index in [4.69, 9.17) is 0 Å². The standard InChI is InChI=1S/C15H13FN2O4/c16-9-5-3-8(4-6-9)13-17-11(15(21)22)12-10(14(19)20)2-1-7-18(12)13/h3-6,10H,1-2,7H2,(H,19,20)(H,21,22). The largest absolute Gasteiger partial charge is 0.481 e. The lowest BCUT2D eigenvalue weighted by atomic mass is 9.94. The molecule has 2 N–H and O–H groups in total. The van der Waals surface area contributed by atoms with E-state index >= 15 is 0 Å². The van der Waals surface area contributed by atoms with E-state index in [-0.39, 0.29) is 11.4 Å². The van der Waals surface area contributed by atoms with Crippen molar-refractivity contribution < 1.29 is 24.2 Å². The molecule has 0 saturated carbocycles. The fraction of sp³-hybridized carbons (Fsp3) is 0.267. The summed E-state index contributed by atoms with van der Waals surface area (Å²) in [5.74, 6) is -3.25. The molecule has 1 aromatic heterocycles. The lowest BCUT2D eigenvalue weighted by molar-refractivity contribution is -0.139. The summed E-state index contributed by atoms with van der Waals surface area (Å²) in [6, 6.07) is 5.52. The Labute approximate surface area is 124 Å². The third kappa shape index (κ3) is 2.24. The number of carboxylic acid groups (broad SMARTS) is 2. The van der Waals surface area contributed by atoms with Gasteiger partial charge < -0.3 is 14.8 Å². The number of aromatic nitrogens is 2. The minimum atomic E-state index is -1.26. The van der Waals surface area contributed by atoms with E-state index in [1.807, 2.05) is 0 Å². The number of imidazole rings is 1. The van der Waals surface area contributed by atoms with Gasteiger partial charge in [0.25, 0.3) is 0 Å². The first-order valence-corrected chi connectivity index (χ1v) is 6.81. The molecule has 0 amide bonds. The number of hydrogen-bond acceptors (Lipinski definition) is 3. The van der Waals surface area contributed by atoms with Gasteiger partial charge in [0.1, 0.15) is 11.6 Å². The summed E-state index contributed by atoms with van der Waals surface area (Å²) in [6.07, 6.45) is 0.998. The number of benzene rings is 1. The van der Waals surface area contributed by atoms with Crippen molar-refractivity contribution in [3.8, 4) is 11.4 Å². The fourth-order valence-electron chi connectivity index (χ4n) is 2.85. The zero-order valence-electron chi connectivity index (χ0n) is 11.5. The predicted octanol–water partition coefficient (Wildman–Crippen LogP) is 2.35. The van der Waals surface area contributed by atoms with E-state index in [9.17, 15) is 24.2 Å². The minimum Gasteiger partial charge on any atom is -0.481 e. The van der Waals surface area contributed by atoms with Crippen molar-refractivity contribution in [3.63, 3.8) is 0 Å². The van der Waals surface area contributed by atoms with Crippen LogP contribution in [0.5, 0.6) is 0 Å². The highest BCUT2D eigenvalue weighted by Gasteiger charge is 2.35. The van der Waals surface area contributed by atoms with Crippen LogP contribution < -0.4 is 0 Å². The Morgan fingerprint density at radius 1 is 1.23 bits per heavy atom. The summed E-state index contributed by atoms with van der Waals surface area (Å²) in [4.78, 5) is 26.9. The van der Waals surface area contributed by atoms with Crippen LogP contribution in [0.4, 0.5) is 4.39 Å². The van der Waals surface area contributed by atoms with Crippen molar-refractivity contribution in [2.45, 2.75) is 25.3 Å². The zero-order valence-corrected chi connectivity index (χ0v) is 11.5. The van der Waals surface area contributed by atoms with Gasteiger partial charge in [-0.2, -0.15) is 0 Å². The first-order chi connectivity index (χ1) is 10.5. The Bertz CT molecular complexity index is 752. The Morgan fingerprint density at radius 2 is 1.91 bits per heavy atom. The SMILES string of the molecule is O=C(O)c1nc(-c2ccc(F)cc2)n2c1C(C(=O)O)CCC2. The van der Waals surface area contributed by atoms with Crippen LogP contribution in [0.1, 0.15) is 34.9 Å². The first kappa shape index (κ1) is 14.2. The smallest absolute Gasteiger partial charge is 0.356 e. The van der Waals surface area contributed by atoms with Crippen LogP contribution in [-0.4, -0.2) is 31.7 Å². The van der Waals surface area contributed by atoms with E-state index in [1.54, 1.807) is 4.57 Å². The monoisotopic (exact) mass is 304 g/mol. The first-order valence-electron chi connectivity index (χ1n) is 6.81. The molecule has 1 unspecified atom stereocenters. The van der Waals surface area contributed by atoms with Gasteiger partial charge in [-0.05, 0) is 37.1 Å². The van der Waals surface area contributed by atoms with Crippen molar-refractivity contribution in [2.24, 2.45) is 0 Å². The van der Waals surface area contributed by atoms with Gasteiger partial charge in [-0.3, -0.25) is 4.79 Å². The maximum absolute atomic E-state index is 13.0. The second-order valence-electron chi connectivity index (χ2n) is 5.17. The molecular formula is C15H13FN2O4. The number of hydrogen-bond donors (Lipinski definition) is 2. The number of nitrogens with zero attached hydrogens (tertiary/aromatic N) is 2. The third-order valence-corrected chi connectivity index (χ3v) is 3.81. The Kier molecular flexibility index (Phi) is 3.40. The van der Waals surface area contributed by atoms with E-state index in [0.29, 0.717) is 30.8 Å². The van der Waals surface area contributed by atoms with Crippen molar-refractivity contribution >= 4 is 11.9 Å². The van der Waals surface area contributed by atoms with Crippen LogP contribution >= 0.6 is 0 Å². The van der Waals surface area contributed by atoms with Gasteiger partial charge in [0.05, 0.1) is 11.6 Å². The summed E-state index contributed by atoms with van der Waals surface area (Å²) < 4.78 is 14.7. The number of rotatable bonds is 3. The van der Waals surface area contributed by atoms with Crippen molar-refractivity contribution in [1.82, 2.24) is 9.55 Å². The van der Waals surface area contributed by atoms with Crippen LogP contribution in [0.3, 0.4) is 0 Å². The minimum absolute atomic E-state index is 0.213. The molecule has 0 spiro atoms. The van der Waals surface area contributed by atoms with Gasteiger partial charge in [-0.25, -0.2) is 14.2 Å². The van der Waals surface area contributed by atoms with Crippen LogP contribution in [0.2, 0.25) is 0 Å². The molecule has 1 aliphatic rings. The van der Waals surface area contributed by atoms with Gasteiger partial charge in [0.2, 0.25) is 0 Å². The van der Waals surface area contributed by atoms with Gasteiger partial charge in [-0.1, -0.05) is 0 Å². The quantitative estimate of drug-likeness (QED) is 0.908. The van der Waals surface area contributed by atoms with Crippen molar-refractivity contribution in [2.75, 3.05) is 0 Å². The molecule has 1 aliphatic heterocycles. The molecule has 114 valence electrons. The highest BCUT2D eigenvalue weighted by atomic mass is 19.1. The summed E-state index contributed by atoms with van der Waals surface area (Å²) in [5.41, 5.74) is 0.526. The average Bonchev–Trinajstić information content (AvgIpc) is 2.87. The summed E-state index contributed by atoms with van der Waals surface area (Å²) >= 11 is 0. The molecule has 22 heavy (non-hydrogen) atoms. The van der Waals surface area contributed by atoms with E-state index in [2.05, 4.69) is 4.98 Å². The number of aliphatic carboxylic acids is 1. The highest BCUT2D eigenvalue weighted by molar-refractivity contribution is 5.91. The Hall–Kier alpha value is -2.70. The van der Waals surface area contributed by atoms with Crippen molar-refractivity contribution in [3.05, 3.63) is 41.5 Å². The maximum Gasteiger partial charge on any atom is 0.356 e. The van der Waals surface area contributed by atoms with Gasteiger partial charge in [0.15, 0.2) is 5.69 Å². The fourth-order valence-corrected chi connectivity index (χ4v) is 2.85. The third-order valence-electron chi connectivity index (χ3n) is 3.81. The molecule has 3 rings (SSSR count). The lowest BCUT2D eigenvalue weighted by Gasteiger charge is -2.22. The molecule has 0 bridgehead atoms. The van der Waals surface area contributed by atoms with E-state index < -0.39 is 23.7 Å². The molecule has 0 fully saturated rings. The molecule has 7 heteroatoms. The topological polar surface area (TPSA) is 92.4 Å². The van der Waals surface area contributed by atoms with E-state index in [0.717, 1.165) is 0 Å². The molecule has 1 aromatic carbocycles. The summed E-state index contributed by atoms with van der Waals surface area (Å²) in [5, 5.41) is 18.6. The lowest BCUT2D eigenvalue weighted by Crippen LogP contribution is -2.24. The molecule has 0 aliphatic carbocycles. The normalized spacial score (nSPS) is 17.0. The molecule has 6 nitrogen and oxygen atoms in total. The second kappa shape index (κ2) is 5.25. The summed E-state index contributed by atoms with van der Waals surface area (Å²) in [6.45, 7) is 0.492. The zero-order chi connectivity index (χ0) is 15.9. The highest BCUT2D eigenvalue weighted by Crippen LogP contribution is 2.34. The Morgan fingerprint density at radius 3 is 2.50 bits per heavy atom. The summed E-state index contributed by atoms with van der Waals surface area (Å²) in [7, 11) is 0. The molecule has 0 radical (unpaired) electrons. The number of carbonyl (C=O) groups is 2. The molecule has 1 atom stereocenters. The van der Waals surface area contributed by atoms with Crippen LogP contribution in [0.15, 0.2) is 24.3 Å². The van der Waals surface area contributed by atoms with Crippen LogP contribution in [0.25, 0.3) is 11.4 Å². The van der Waals surface area contributed by atoms with Crippen molar-refractivity contribution in [1.29, 1.82) is 0 Å². The van der Waals surface area contributed by atoms with Gasteiger partial charge in [0, 0.05) is 12.1 Å². The van der Waals surface area contributed by atoms with E-state index in [1.165, 1.54) is 24.3 Å². The van der Waals surface area contributed by atoms with Gasteiger partial charge >= 0.3 is 11.9 Å². The number of aromatic carboxylic acids is 1. The molecule has 2 aromatic rings. The van der Waals surface area contributed by atoms with Crippen LogP contribution in [-0.2, 0) is 11.3 Å².